The zero-order chi connectivity index (χ0) is 14.0. The summed E-state index contributed by atoms with van der Waals surface area (Å²) < 4.78 is 44.8. The van der Waals surface area contributed by atoms with Crippen LogP contribution < -0.4 is 5.73 Å². The molecule has 0 unspecified atom stereocenters. The third-order valence-electron chi connectivity index (χ3n) is 3.31. The Labute approximate surface area is 112 Å². The molecule has 1 heterocycles. The number of sulfonamides is 1. The normalized spacial score (nSPS) is 18.6. The summed E-state index contributed by atoms with van der Waals surface area (Å²) in [6.07, 6.45) is 1.29. The first-order valence-electron chi connectivity index (χ1n) is 6.03. The molecule has 106 valence electrons. The van der Waals surface area contributed by atoms with Crippen molar-refractivity contribution in [1.29, 1.82) is 0 Å². The van der Waals surface area contributed by atoms with Crippen LogP contribution in [0.5, 0.6) is 0 Å². The van der Waals surface area contributed by atoms with Crippen LogP contribution in [0.15, 0.2) is 23.1 Å². The smallest absolute Gasteiger partial charge is 0.246 e. The SMILES string of the molecule is COC1CCN(S(=O)(=O)c2cc(N)ccc2F)CC1. The molecule has 7 heteroatoms. The fourth-order valence-electron chi connectivity index (χ4n) is 2.16. The minimum absolute atomic E-state index is 0.0668. The van der Waals surface area contributed by atoms with E-state index in [9.17, 15) is 12.8 Å². The molecule has 0 atom stereocenters. The van der Waals surface area contributed by atoms with Gasteiger partial charge in [0.1, 0.15) is 10.7 Å². The molecule has 1 saturated heterocycles. The predicted octanol–water partition coefficient (Wildman–Crippen LogP) is 1.21. The Balaban J connectivity index is 2.26. The zero-order valence-corrected chi connectivity index (χ0v) is 11.5. The van der Waals surface area contributed by atoms with Gasteiger partial charge in [-0.05, 0) is 31.0 Å². The minimum atomic E-state index is -3.82. The molecule has 0 aliphatic carbocycles. The molecule has 19 heavy (non-hydrogen) atoms. The van der Waals surface area contributed by atoms with Gasteiger partial charge >= 0.3 is 0 Å². The number of hydrogen-bond acceptors (Lipinski definition) is 4. The van der Waals surface area contributed by atoms with E-state index in [0.29, 0.717) is 25.9 Å². The van der Waals surface area contributed by atoms with Crippen molar-refractivity contribution in [2.45, 2.75) is 23.8 Å². The van der Waals surface area contributed by atoms with Gasteiger partial charge in [-0.15, -0.1) is 0 Å². The molecule has 5 nitrogen and oxygen atoms in total. The van der Waals surface area contributed by atoms with Crippen molar-refractivity contribution in [3.05, 3.63) is 24.0 Å². The van der Waals surface area contributed by atoms with Gasteiger partial charge in [0, 0.05) is 25.9 Å². The molecule has 1 aromatic carbocycles. The molecule has 1 aliphatic heterocycles. The van der Waals surface area contributed by atoms with Crippen LogP contribution in [0.25, 0.3) is 0 Å². The maximum Gasteiger partial charge on any atom is 0.246 e. The highest BCUT2D eigenvalue weighted by molar-refractivity contribution is 7.89. The first-order valence-corrected chi connectivity index (χ1v) is 7.47. The first-order chi connectivity index (χ1) is 8.95. The zero-order valence-electron chi connectivity index (χ0n) is 10.7. The third kappa shape index (κ3) is 2.88. The lowest BCUT2D eigenvalue weighted by atomic mass is 10.1. The molecule has 0 aromatic heterocycles. The summed E-state index contributed by atoms with van der Waals surface area (Å²) in [6, 6.07) is 3.57. The number of piperidine rings is 1. The highest BCUT2D eigenvalue weighted by Crippen LogP contribution is 2.25. The van der Waals surface area contributed by atoms with E-state index < -0.39 is 15.8 Å². The Bertz CT molecular complexity index is 554. The predicted molar refractivity (Wildman–Crippen MR) is 69.6 cm³/mol. The second-order valence-electron chi connectivity index (χ2n) is 4.53. The maximum absolute atomic E-state index is 13.7. The summed E-state index contributed by atoms with van der Waals surface area (Å²) in [7, 11) is -2.22. The summed E-state index contributed by atoms with van der Waals surface area (Å²) in [5.74, 6) is -0.775. The largest absolute Gasteiger partial charge is 0.399 e. The number of nitrogen functional groups attached to an aromatic ring is 1. The maximum atomic E-state index is 13.7. The number of anilines is 1. The van der Waals surface area contributed by atoms with E-state index in [1.54, 1.807) is 7.11 Å². The van der Waals surface area contributed by atoms with Crippen molar-refractivity contribution in [3.63, 3.8) is 0 Å². The molecule has 0 radical (unpaired) electrons. The quantitative estimate of drug-likeness (QED) is 0.848. The van der Waals surface area contributed by atoms with Crippen LogP contribution >= 0.6 is 0 Å². The highest BCUT2D eigenvalue weighted by Gasteiger charge is 2.31. The van der Waals surface area contributed by atoms with Crippen molar-refractivity contribution in [2.24, 2.45) is 0 Å². The van der Waals surface area contributed by atoms with E-state index in [1.807, 2.05) is 0 Å². The van der Waals surface area contributed by atoms with E-state index >= 15 is 0 Å². The van der Waals surface area contributed by atoms with Gasteiger partial charge < -0.3 is 10.5 Å². The van der Waals surface area contributed by atoms with Crippen LogP contribution in [0.3, 0.4) is 0 Å². The number of rotatable bonds is 3. The molecule has 0 bridgehead atoms. The molecular formula is C12H17FN2O3S. The van der Waals surface area contributed by atoms with E-state index in [2.05, 4.69) is 0 Å². The minimum Gasteiger partial charge on any atom is -0.399 e. The van der Waals surface area contributed by atoms with Gasteiger partial charge in [0.25, 0.3) is 0 Å². The third-order valence-corrected chi connectivity index (χ3v) is 5.22. The van der Waals surface area contributed by atoms with Crippen molar-refractivity contribution in [3.8, 4) is 0 Å². The van der Waals surface area contributed by atoms with Gasteiger partial charge in [-0.25, -0.2) is 12.8 Å². The van der Waals surface area contributed by atoms with E-state index in [1.165, 1.54) is 10.4 Å². The lowest BCUT2D eigenvalue weighted by Crippen LogP contribution is -2.40. The topological polar surface area (TPSA) is 72.6 Å². The number of nitrogens with two attached hydrogens (primary N) is 1. The van der Waals surface area contributed by atoms with Crippen LogP contribution in [-0.4, -0.2) is 39.0 Å². The average Bonchev–Trinajstić information content (AvgIpc) is 2.41. The Morgan fingerprint density at radius 2 is 2.00 bits per heavy atom. The Kier molecular flexibility index (Phi) is 4.07. The van der Waals surface area contributed by atoms with Gasteiger partial charge in [0.05, 0.1) is 6.10 Å². The number of ether oxygens (including phenoxy) is 1. The van der Waals surface area contributed by atoms with Crippen LogP contribution in [0.1, 0.15) is 12.8 Å². The number of nitrogens with zero attached hydrogens (tertiary/aromatic N) is 1. The van der Waals surface area contributed by atoms with Crippen LogP contribution in [0.4, 0.5) is 10.1 Å². The monoisotopic (exact) mass is 288 g/mol. The molecular weight excluding hydrogens is 271 g/mol. The van der Waals surface area contributed by atoms with Gasteiger partial charge in [-0.1, -0.05) is 0 Å². The van der Waals surface area contributed by atoms with Crippen LogP contribution in [0.2, 0.25) is 0 Å². The summed E-state index contributed by atoms with van der Waals surface area (Å²) in [4.78, 5) is -0.358. The molecule has 1 aromatic rings. The molecule has 1 aliphatic rings. The van der Waals surface area contributed by atoms with Crippen molar-refractivity contribution in [1.82, 2.24) is 4.31 Å². The van der Waals surface area contributed by atoms with Gasteiger partial charge in [-0.3, -0.25) is 0 Å². The van der Waals surface area contributed by atoms with Crippen molar-refractivity contribution >= 4 is 15.7 Å². The Morgan fingerprint density at radius 1 is 1.37 bits per heavy atom. The van der Waals surface area contributed by atoms with Gasteiger partial charge in [0.2, 0.25) is 10.0 Å². The van der Waals surface area contributed by atoms with Crippen molar-refractivity contribution in [2.75, 3.05) is 25.9 Å². The van der Waals surface area contributed by atoms with Crippen LogP contribution in [-0.2, 0) is 14.8 Å². The second kappa shape index (κ2) is 5.44. The van der Waals surface area contributed by atoms with E-state index in [-0.39, 0.29) is 16.7 Å². The molecule has 0 saturated carbocycles. The lowest BCUT2D eigenvalue weighted by molar-refractivity contribution is 0.0604. The van der Waals surface area contributed by atoms with Gasteiger partial charge in [-0.2, -0.15) is 4.31 Å². The fraction of sp³-hybridized carbons (Fsp3) is 0.500. The standard InChI is InChI=1S/C12H17FN2O3S/c1-18-10-4-6-15(7-5-10)19(16,17)12-8-9(14)2-3-11(12)13/h2-3,8,10H,4-7,14H2,1H3. The van der Waals surface area contributed by atoms with Crippen LogP contribution in [0, 0.1) is 5.82 Å². The lowest BCUT2D eigenvalue weighted by Gasteiger charge is -2.30. The first kappa shape index (κ1) is 14.2. The molecule has 2 rings (SSSR count). The number of hydrogen-bond donors (Lipinski definition) is 1. The fourth-order valence-corrected chi connectivity index (χ4v) is 3.73. The summed E-state index contributed by atoms with van der Waals surface area (Å²) in [5.41, 5.74) is 5.76. The summed E-state index contributed by atoms with van der Waals surface area (Å²) in [5, 5.41) is 0. The number of halogens is 1. The highest BCUT2D eigenvalue weighted by atomic mass is 32.2. The van der Waals surface area contributed by atoms with Gasteiger partial charge in [0.15, 0.2) is 0 Å². The summed E-state index contributed by atoms with van der Waals surface area (Å²) in [6.45, 7) is 0.657. The molecule has 1 fully saturated rings. The van der Waals surface area contributed by atoms with Crippen molar-refractivity contribution < 1.29 is 17.5 Å². The van der Waals surface area contributed by atoms with E-state index in [4.69, 9.17) is 10.5 Å². The number of benzene rings is 1. The number of methoxy groups -OCH3 is 1. The Morgan fingerprint density at radius 3 is 2.58 bits per heavy atom. The molecule has 0 spiro atoms. The molecule has 0 amide bonds. The summed E-state index contributed by atoms with van der Waals surface area (Å²) >= 11 is 0. The second-order valence-corrected chi connectivity index (χ2v) is 6.44. The molecule has 2 N–H and O–H groups in total. The Hall–Kier alpha value is -1.18. The average molecular weight is 288 g/mol. The van der Waals surface area contributed by atoms with E-state index in [0.717, 1.165) is 12.1 Å².